The minimum absolute atomic E-state index is 0.00191. The SMILES string of the molecule is O=C(CN(Cc1c(Cl)cccc1Cl)S(=O)(=O)c1ccc(Cl)cc1)NCCCNc1ccnc2cc(Cl)ccc12. The Hall–Kier alpha value is -2.59. The fourth-order valence-corrected chi connectivity index (χ4v) is 6.05. The van der Waals surface area contributed by atoms with E-state index in [1.807, 2.05) is 12.1 Å². The smallest absolute Gasteiger partial charge is 0.243 e. The van der Waals surface area contributed by atoms with Crippen molar-refractivity contribution in [3.8, 4) is 0 Å². The highest BCUT2D eigenvalue weighted by Crippen LogP contribution is 2.28. The molecule has 0 aliphatic carbocycles. The van der Waals surface area contributed by atoms with E-state index in [4.69, 9.17) is 46.4 Å². The van der Waals surface area contributed by atoms with Gasteiger partial charge in [-0.2, -0.15) is 4.31 Å². The molecular formula is C27H24Cl4N4O3S. The van der Waals surface area contributed by atoms with Crippen LogP contribution >= 0.6 is 46.4 Å². The first-order valence-electron chi connectivity index (χ1n) is 11.9. The summed E-state index contributed by atoms with van der Waals surface area (Å²) in [6, 6.07) is 18.0. The molecule has 1 amide bonds. The summed E-state index contributed by atoms with van der Waals surface area (Å²) in [4.78, 5) is 17.2. The van der Waals surface area contributed by atoms with E-state index in [1.165, 1.54) is 24.3 Å². The molecular weight excluding hydrogens is 602 g/mol. The van der Waals surface area contributed by atoms with Crippen LogP contribution in [0.1, 0.15) is 12.0 Å². The van der Waals surface area contributed by atoms with E-state index in [0.717, 1.165) is 20.9 Å². The van der Waals surface area contributed by atoms with Crippen LogP contribution in [-0.2, 0) is 21.4 Å². The lowest BCUT2D eigenvalue weighted by Crippen LogP contribution is -2.40. The monoisotopic (exact) mass is 624 g/mol. The van der Waals surface area contributed by atoms with Crippen LogP contribution in [0.5, 0.6) is 0 Å². The first-order valence-corrected chi connectivity index (χ1v) is 14.8. The molecule has 0 spiro atoms. The second-order valence-corrected chi connectivity index (χ2v) is 12.2. The summed E-state index contributed by atoms with van der Waals surface area (Å²) in [6.07, 6.45) is 2.30. The van der Waals surface area contributed by atoms with Gasteiger partial charge in [0, 0.05) is 62.6 Å². The predicted octanol–water partition coefficient (Wildman–Crippen LogP) is 6.66. The van der Waals surface area contributed by atoms with Gasteiger partial charge in [-0.05, 0) is 67.1 Å². The van der Waals surface area contributed by atoms with Crippen molar-refractivity contribution in [1.29, 1.82) is 0 Å². The quantitative estimate of drug-likeness (QED) is 0.182. The third-order valence-electron chi connectivity index (χ3n) is 5.86. The van der Waals surface area contributed by atoms with Gasteiger partial charge in [0.05, 0.1) is 17.0 Å². The molecule has 39 heavy (non-hydrogen) atoms. The summed E-state index contributed by atoms with van der Waals surface area (Å²) in [5.74, 6) is -0.459. The number of anilines is 1. The average molecular weight is 626 g/mol. The number of nitrogens with one attached hydrogen (secondary N) is 2. The summed E-state index contributed by atoms with van der Waals surface area (Å²) in [5.41, 5.74) is 2.09. The molecule has 0 saturated heterocycles. The Kier molecular flexibility index (Phi) is 9.93. The van der Waals surface area contributed by atoms with Crippen molar-refractivity contribution in [2.45, 2.75) is 17.9 Å². The molecule has 3 aromatic carbocycles. The minimum Gasteiger partial charge on any atom is -0.384 e. The molecule has 204 valence electrons. The number of hydrogen-bond acceptors (Lipinski definition) is 5. The van der Waals surface area contributed by atoms with Gasteiger partial charge in [-0.3, -0.25) is 9.78 Å². The number of halogens is 4. The van der Waals surface area contributed by atoms with E-state index in [0.29, 0.717) is 45.2 Å². The van der Waals surface area contributed by atoms with Gasteiger partial charge >= 0.3 is 0 Å². The van der Waals surface area contributed by atoms with Crippen LogP contribution in [0.2, 0.25) is 20.1 Å². The van der Waals surface area contributed by atoms with Gasteiger partial charge in [-0.25, -0.2) is 8.42 Å². The summed E-state index contributed by atoms with van der Waals surface area (Å²) < 4.78 is 28.0. The van der Waals surface area contributed by atoms with Crippen LogP contribution < -0.4 is 10.6 Å². The molecule has 0 unspecified atom stereocenters. The summed E-state index contributed by atoms with van der Waals surface area (Å²) in [6.45, 7) is 0.305. The second-order valence-electron chi connectivity index (χ2n) is 8.58. The number of carbonyl (C=O) groups excluding carboxylic acids is 1. The maximum Gasteiger partial charge on any atom is 0.243 e. The molecule has 7 nitrogen and oxygen atoms in total. The number of carbonyl (C=O) groups is 1. The van der Waals surface area contributed by atoms with Gasteiger partial charge in [0.1, 0.15) is 0 Å². The van der Waals surface area contributed by atoms with Crippen molar-refractivity contribution in [3.05, 3.63) is 98.6 Å². The number of aromatic nitrogens is 1. The molecule has 0 saturated carbocycles. The Labute approximate surface area is 247 Å². The van der Waals surface area contributed by atoms with Crippen molar-refractivity contribution < 1.29 is 13.2 Å². The van der Waals surface area contributed by atoms with E-state index in [-0.39, 0.29) is 11.4 Å². The molecule has 0 aliphatic rings. The number of pyridine rings is 1. The fourth-order valence-electron chi connectivity index (χ4n) is 3.87. The Morgan fingerprint density at radius 3 is 2.28 bits per heavy atom. The molecule has 0 fully saturated rings. The van der Waals surface area contributed by atoms with E-state index in [2.05, 4.69) is 15.6 Å². The van der Waals surface area contributed by atoms with Gasteiger partial charge in [-0.15, -0.1) is 0 Å². The molecule has 0 bridgehead atoms. The van der Waals surface area contributed by atoms with E-state index >= 15 is 0 Å². The maximum atomic E-state index is 13.5. The highest BCUT2D eigenvalue weighted by molar-refractivity contribution is 7.89. The van der Waals surface area contributed by atoms with Crippen molar-refractivity contribution in [2.75, 3.05) is 25.0 Å². The topological polar surface area (TPSA) is 91.4 Å². The molecule has 2 N–H and O–H groups in total. The van der Waals surface area contributed by atoms with Crippen molar-refractivity contribution in [1.82, 2.24) is 14.6 Å². The Morgan fingerprint density at radius 2 is 1.56 bits per heavy atom. The van der Waals surface area contributed by atoms with Gasteiger partial charge < -0.3 is 10.6 Å². The van der Waals surface area contributed by atoms with Gasteiger partial charge in [0.2, 0.25) is 15.9 Å². The number of hydrogen-bond donors (Lipinski definition) is 2. The van der Waals surface area contributed by atoms with Crippen molar-refractivity contribution in [3.63, 3.8) is 0 Å². The Balaban J connectivity index is 1.40. The van der Waals surface area contributed by atoms with Crippen LogP contribution in [0.15, 0.2) is 77.8 Å². The zero-order valence-corrected chi connectivity index (χ0v) is 24.3. The zero-order valence-electron chi connectivity index (χ0n) is 20.5. The van der Waals surface area contributed by atoms with Gasteiger partial charge in [-0.1, -0.05) is 52.5 Å². The third-order valence-corrected chi connectivity index (χ3v) is 8.86. The maximum absolute atomic E-state index is 13.5. The molecule has 0 radical (unpaired) electrons. The molecule has 4 aromatic rings. The summed E-state index contributed by atoms with van der Waals surface area (Å²) in [5, 5.41) is 8.67. The lowest BCUT2D eigenvalue weighted by molar-refractivity contribution is -0.121. The number of rotatable bonds is 11. The van der Waals surface area contributed by atoms with Crippen LogP contribution in [-0.4, -0.2) is 43.2 Å². The molecule has 1 aromatic heterocycles. The molecule has 0 atom stereocenters. The van der Waals surface area contributed by atoms with Crippen molar-refractivity contribution in [2.24, 2.45) is 0 Å². The highest BCUT2D eigenvalue weighted by Gasteiger charge is 2.28. The van der Waals surface area contributed by atoms with Crippen LogP contribution in [0.25, 0.3) is 10.9 Å². The highest BCUT2D eigenvalue weighted by atomic mass is 35.5. The molecule has 4 rings (SSSR count). The summed E-state index contributed by atoms with van der Waals surface area (Å²) in [7, 11) is -4.07. The number of nitrogens with zero attached hydrogens (tertiary/aromatic N) is 2. The predicted molar refractivity (Wildman–Crippen MR) is 158 cm³/mol. The van der Waals surface area contributed by atoms with E-state index < -0.39 is 22.5 Å². The molecule has 12 heteroatoms. The average Bonchev–Trinajstić information content (AvgIpc) is 2.90. The molecule has 0 aliphatic heterocycles. The van der Waals surface area contributed by atoms with E-state index in [1.54, 1.807) is 36.5 Å². The zero-order chi connectivity index (χ0) is 28.0. The number of fused-ring (bicyclic) bond motifs is 1. The first kappa shape index (κ1) is 29.4. The van der Waals surface area contributed by atoms with Crippen LogP contribution in [0.3, 0.4) is 0 Å². The molecule has 1 heterocycles. The van der Waals surface area contributed by atoms with Crippen LogP contribution in [0.4, 0.5) is 5.69 Å². The summed E-state index contributed by atoms with van der Waals surface area (Å²) >= 11 is 24.6. The largest absolute Gasteiger partial charge is 0.384 e. The second kappa shape index (κ2) is 13.2. The minimum atomic E-state index is -4.07. The fraction of sp³-hybridized carbons (Fsp3) is 0.185. The standard InChI is InChI=1S/C27H24Cl4N4O3S/c28-18-5-8-20(9-6-18)39(37,38)35(16-22-23(30)3-1-4-24(22)31)17-27(36)34-13-2-12-32-25-11-14-33-26-15-19(29)7-10-21(25)26/h1,3-11,14-15H,2,12-13,16-17H2,(H,32,33)(H,34,36). The third kappa shape index (κ3) is 7.54. The lowest BCUT2D eigenvalue weighted by atomic mass is 10.2. The van der Waals surface area contributed by atoms with Crippen molar-refractivity contribution >= 4 is 78.9 Å². The lowest BCUT2D eigenvalue weighted by Gasteiger charge is -2.23. The van der Waals surface area contributed by atoms with E-state index in [9.17, 15) is 13.2 Å². The van der Waals surface area contributed by atoms with Crippen LogP contribution in [0, 0.1) is 0 Å². The van der Waals surface area contributed by atoms with Gasteiger partial charge in [0.25, 0.3) is 0 Å². The van der Waals surface area contributed by atoms with Gasteiger partial charge in [0.15, 0.2) is 0 Å². The Bertz CT molecular complexity index is 1560. The number of amides is 1. The Morgan fingerprint density at radius 1 is 0.872 bits per heavy atom. The normalized spacial score (nSPS) is 11.6. The first-order chi connectivity index (χ1) is 18.6. The number of benzene rings is 3. The number of sulfonamides is 1.